The van der Waals surface area contributed by atoms with E-state index in [1.807, 2.05) is 12.1 Å². The minimum absolute atomic E-state index is 0.0579. The Labute approximate surface area is 162 Å². The van der Waals surface area contributed by atoms with Gasteiger partial charge < -0.3 is 10.1 Å². The Bertz CT molecular complexity index is 940. The average Bonchev–Trinajstić information content (AvgIpc) is 3.20. The third-order valence-corrected chi connectivity index (χ3v) is 4.58. The van der Waals surface area contributed by atoms with Gasteiger partial charge in [-0.05, 0) is 54.7 Å². The maximum atomic E-state index is 14.6. The molecule has 2 amide bonds. The molecular formula is C21H21FN2O4. The number of rotatable bonds is 6. The van der Waals surface area contributed by atoms with Crippen molar-refractivity contribution in [2.45, 2.75) is 19.3 Å². The van der Waals surface area contributed by atoms with E-state index in [1.54, 1.807) is 25.3 Å². The molecular weight excluding hydrogens is 363 g/mol. The summed E-state index contributed by atoms with van der Waals surface area (Å²) in [6.45, 7) is 0. The number of nitrogens with one attached hydrogen (secondary N) is 2. The Morgan fingerprint density at radius 1 is 0.964 bits per heavy atom. The largest absolute Gasteiger partial charge is 0.497 e. The Hall–Kier alpha value is -3.19. The lowest BCUT2D eigenvalue weighted by molar-refractivity contribution is -0.127. The zero-order valence-electron chi connectivity index (χ0n) is 15.7. The molecule has 146 valence electrons. The summed E-state index contributed by atoms with van der Waals surface area (Å²) in [6, 6.07) is 11.9. The molecule has 0 saturated heterocycles. The number of hydrogen-bond donors (Lipinski definition) is 2. The fourth-order valence-corrected chi connectivity index (χ4v) is 3.20. The first-order valence-electron chi connectivity index (χ1n) is 8.84. The standard InChI is InChI=1S/C21H21FN2O4/c1-27-15-6-3-5-13(11-15)14-9-10-19(18(22)12-14)23-20(25)16-7-4-8-17(16)21(26)24-28-2/h3,5-6,9-12H,4,7-8H2,1-2H3,(H,23,25)(H,24,26). The van der Waals surface area contributed by atoms with Crippen molar-refractivity contribution in [3.8, 4) is 16.9 Å². The Balaban J connectivity index is 1.80. The van der Waals surface area contributed by atoms with Crippen LogP contribution in [0.5, 0.6) is 5.75 Å². The van der Waals surface area contributed by atoms with Gasteiger partial charge in [-0.3, -0.25) is 14.4 Å². The van der Waals surface area contributed by atoms with E-state index >= 15 is 0 Å². The normalized spacial score (nSPS) is 13.4. The van der Waals surface area contributed by atoms with Crippen molar-refractivity contribution in [2.24, 2.45) is 0 Å². The van der Waals surface area contributed by atoms with Gasteiger partial charge >= 0.3 is 0 Å². The van der Waals surface area contributed by atoms with Crippen LogP contribution in [0.4, 0.5) is 10.1 Å². The van der Waals surface area contributed by atoms with E-state index in [4.69, 9.17) is 4.74 Å². The highest BCUT2D eigenvalue weighted by molar-refractivity contribution is 6.10. The predicted molar refractivity (Wildman–Crippen MR) is 103 cm³/mol. The molecule has 3 rings (SSSR count). The number of hydrogen-bond acceptors (Lipinski definition) is 4. The molecule has 7 heteroatoms. The van der Waals surface area contributed by atoms with Crippen LogP contribution in [0.1, 0.15) is 19.3 Å². The number of carbonyl (C=O) groups is 2. The summed E-state index contributed by atoms with van der Waals surface area (Å²) in [5.74, 6) is -0.814. The van der Waals surface area contributed by atoms with Crippen LogP contribution in [-0.2, 0) is 14.4 Å². The lowest BCUT2D eigenvalue weighted by atomic mass is 10.0. The minimum Gasteiger partial charge on any atom is -0.497 e. The number of amides is 2. The summed E-state index contributed by atoms with van der Waals surface area (Å²) in [5, 5.41) is 2.56. The molecule has 0 bridgehead atoms. The van der Waals surface area contributed by atoms with Crippen molar-refractivity contribution < 1.29 is 23.6 Å². The summed E-state index contributed by atoms with van der Waals surface area (Å²) in [7, 11) is 2.89. The molecule has 0 heterocycles. The van der Waals surface area contributed by atoms with Gasteiger partial charge in [0.15, 0.2) is 0 Å². The molecule has 1 aliphatic carbocycles. The summed E-state index contributed by atoms with van der Waals surface area (Å²) in [6.07, 6.45) is 1.63. The maximum Gasteiger partial charge on any atom is 0.271 e. The highest BCUT2D eigenvalue weighted by Gasteiger charge is 2.26. The monoisotopic (exact) mass is 384 g/mol. The highest BCUT2D eigenvalue weighted by Crippen LogP contribution is 2.30. The zero-order chi connectivity index (χ0) is 20.1. The smallest absolute Gasteiger partial charge is 0.271 e. The summed E-state index contributed by atoms with van der Waals surface area (Å²) in [4.78, 5) is 29.1. The lowest BCUT2D eigenvalue weighted by Gasteiger charge is -2.11. The number of halogens is 1. The molecule has 0 fully saturated rings. The third-order valence-electron chi connectivity index (χ3n) is 4.58. The summed E-state index contributed by atoms with van der Waals surface area (Å²) in [5.41, 5.74) is 4.46. The van der Waals surface area contributed by atoms with Crippen molar-refractivity contribution in [1.82, 2.24) is 5.48 Å². The van der Waals surface area contributed by atoms with E-state index in [2.05, 4.69) is 15.6 Å². The molecule has 0 unspecified atom stereocenters. The molecule has 0 aromatic heterocycles. The number of hydroxylamine groups is 1. The van der Waals surface area contributed by atoms with E-state index in [0.717, 1.165) is 5.56 Å². The second kappa shape index (κ2) is 8.67. The minimum atomic E-state index is -0.560. The number of carbonyl (C=O) groups excluding carboxylic acids is 2. The van der Waals surface area contributed by atoms with Crippen molar-refractivity contribution in [3.05, 3.63) is 59.4 Å². The zero-order valence-corrected chi connectivity index (χ0v) is 15.7. The highest BCUT2D eigenvalue weighted by atomic mass is 19.1. The quantitative estimate of drug-likeness (QED) is 0.746. The van der Waals surface area contributed by atoms with Gasteiger partial charge in [0.1, 0.15) is 11.6 Å². The lowest BCUT2D eigenvalue weighted by Crippen LogP contribution is -2.25. The van der Waals surface area contributed by atoms with Gasteiger partial charge in [0.25, 0.3) is 11.8 Å². The summed E-state index contributed by atoms with van der Waals surface area (Å²) >= 11 is 0. The second-order valence-electron chi connectivity index (χ2n) is 6.33. The number of benzene rings is 2. The van der Waals surface area contributed by atoms with Crippen LogP contribution >= 0.6 is 0 Å². The van der Waals surface area contributed by atoms with Crippen molar-refractivity contribution in [2.75, 3.05) is 19.5 Å². The van der Waals surface area contributed by atoms with Crippen molar-refractivity contribution in [1.29, 1.82) is 0 Å². The van der Waals surface area contributed by atoms with Gasteiger partial charge in [0.2, 0.25) is 0 Å². The molecule has 0 radical (unpaired) electrons. The number of methoxy groups -OCH3 is 1. The van der Waals surface area contributed by atoms with Gasteiger partial charge in [0, 0.05) is 11.1 Å². The number of ether oxygens (including phenoxy) is 1. The molecule has 1 aliphatic rings. The van der Waals surface area contributed by atoms with E-state index in [-0.39, 0.29) is 5.69 Å². The third kappa shape index (κ3) is 4.20. The number of anilines is 1. The molecule has 0 saturated carbocycles. The SMILES string of the molecule is CONC(=O)C1=C(C(=O)Nc2ccc(-c3cccc(OC)c3)cc2F)CCC1. The fraction of sp³-hybridized carbons (Fsp3) is 0.238. The van der Waals surface area contributed by atoms with Crippen molar-refractivity contribution in [3.63, 3.8) is 0 Å². The molecule has 2 aromatic carbocycles. The first kappa shape index (κ1) is 19.6. The van der Waals surface area contributed by atoms with Crippen molar-refractivity contribution >= 4 is 17.5 Å². The van der Waals surface area contributed by atoms with Gasteiger partial charge in [-0.15, -0.1) is 0 Å². The molecule has 0 aliphatic heterocycles. The van der Waals surface area contributed by atoms with Gasteiger partial charge in [-0.2, -0.15) is 0 Å². The fourth-order valence-electron chi connectivity index (χ4n) is 3.20. The van der Waals surface area contributed by atoms with Gasteiger partial charge in [-0.25, -0.2) is 9.87 Å². The molecule has 6 nitrogen and oxygen atoms in total. The Kier molecular flexibility index (Phi) is 6.06. The molecule has 0 atom stereocenters. The van der Waals surface area contributed by atoms with Crippen LogP contribution in [0.25, 0.3) is 11.1 Å². The van der Waals surface area contributed by atoms with Gasteiger partial charge in [-0.1, -0.05) is 18.2 Å². The molecule has 2 aromatic rings. The Morgan fingerprint density at radius 3 is 2.36 bits per heavy atom. The topological polar surface area (TPSA) is 76.7 Å². The van der Waals surface area contributed by atoms with Crippen LogP contribution in [0.15, 0.2) is 53.6 Å². The molecule has 28 heavy (non-hydrogen) atoms. The van der Waals surface area contributed by atoms with Crippen LogP contribution in [0, 0.1) is 5.82 Å². The maximum absolute atomic E-state index is 14.6. The Morgan fingerprint density at radius 2 is 1.68 bits per heavy atom. The molecule has 0 spiro atoms. The van der Waals surface area contributed by atoms with E-state index in [1.165, 1.54) is 19.2 Å². The van der Waals surface area contributed by atoms with Crippen LogP contribution in [0.2, 0.25) is 0 Å². The van der Waals surface area contributed by atoms with E-state index in [9.17, 15) is 14.0 Å². The first-order valence-corrected chi connectivity index (χ1v) is 8.84. The second-order valence-corrected chi connectivity index (χ2v) is 6.33. The summed E-state index contributed by atoms with van der Waals surface area (Å²) < 4.78 is 19.8. The average molecular weight is 384 g/mol. The first-order chi connectivity index (χ1) is 13.5. The van der Waals surface area contributed by atoms with E-state index < -0.39 is 17.6 Å². The van der Waals surface area contributed by atoms with Crippen LogP contribution < -0.4 is 15.5 Å². The van der Waals surface area contributed by atoms with Gasteiger partial charge in [0.05, 0.1) is 19.9 Å². The van der Waals surface area contributed by atoms with E-state index in [0.29, 0.717) is 41.7 Å². The predicted octanol–water partition coefficient (Wildman–Crippen LogP) is 3.60. The van der Waals surface area contributed by atoms with Crippen LogP contribution in [0.3, 0.4) is 0 Å². The molecule has 2 N–H and O–H groups in total. The van der Waals surface area contributed by atoms with Crippen LogP contribution in [-0.4, -0.2) is 26.0 Å².